The van der Waals surface area contributed by atoms with Crippen LogP contribution >= 0.6 is 0 Å². The van der Waals surface area contributed by atoms with Crippen LogP contribution < -0.4 is 16.4 Å². The Kier molecular flexibility index (Phi) is 2.07. The number of anilines is 3. The maximum atomic E-state index is 5.65. The minimum Gasteiger partial charge on any atom is -0.383 e. The van der Waals surface area contributed by atoms with E-state index in [0.29, 0.717) is 12.4 Å². The number of rotatable bonds is 1. The van der Waals surface area contributed by atoms with Gasteiger partial charge >= 0.3 is 0 Å². The van der Waals surface area contributed by atoms with Crippen molar-refractivity contribution in [3.05, 3.63) is 18.2 Å². The Labute approximate surface area is 97.3 Å². The summed E-state index contributed by atoms with van der Waals surface area (Å²) in [5, 5.41) is 7.91. The molecule has 0 atom stereocenters. The number of nitrogens with zero attached hydrogens (tertiary/aromatic N) is 6. The van der Waals surface area contributed by atoms with E-state index in [-0.39, 0.29) is 5.95 Å². The van der Waals surface area contributed by atoms with Gasteiger partial charge in [0.2, 0.25) is 5.95 Å². The van der Waals surface area contributed by atoms with Gasteiger partial charge in [-0.3, -0.25) is 0 Å². The second-order valence-electron chi connectivity index (χ2n) is 3.87. The van der Waals surface area contributed by atoms with E-state index in [1.807, 2.05) is 4.57 Å². The number of nitrogen functional groups attached to an aromatic ring is 2. The smallest absolute Gasteiger partial charge is 0.223 e. The van der Waals surface area contributed by atoms with Crippen molar-refractivity contribution in [2.75, 3.05) is 22.9 Å². The van der Waals surface area contributed by atoms with Gasteiger partial charge in [-0.05, 0) is 0 Å². The van der Waals surface area contributed by atoms with Crippen LogP contribution in [0.4, 0.5) is 17.6 Å². The van der Waals surface area contributed by atoms with Crippen molar-refractivity contribution in [1.82, 2.24) is 24.7 Å². The molecule has 0 saturated carbocycles. The third-order valence-electron chi connectivity index (χ3n) is 2.71. The van der Waals surface area contributed by atoms with E-state index in [0.717, 1.165) is 24.7 Å². The van der Waals surface area contributed by atoms with Crippen LogP contribution in [0.3, 0.4) is 0 Å². The zero-order valence-electron chi connectivity index (χ0n) is 9.11. The molecule has 8 nitrogen and oxygen atoms in total. The summed E-state index contributed by atoms with van der Waals surface area (Å²) in [5.41, 5.74) is 11.2. The summed E-state index contributed by atoms with van der Waals surface area (Å²) in [6.45, 7) is 2.29. The van der Waals surface area contributed by atoms with Gasteiger partial charge in [0.15, 0.2) is 5.82 Å². The molecular formula is C9H12N8. The fourth-order valence-electron chi connectivity index (χ4n) is 1.90. The van der Waals surface area contributed by atoms with Gasteiger partial charge in [-0.15, -0.1) is 10.2 Å². The zero-order valence-corrected chi connectivity index (χ0v) is 9.11. The highest BCUT2D eigenvalue weighted by molar-refractivity contribution is 5.50. The summed E-state index contributed by atoms with van der Waals surface area (Å²) in [4.78, 5) is 10.1. The predicted molar refractivity (Wildman–Crippen MR) is 61.9 cm³/mol. The minimum atomic E-state index is 0.187. The van der Waals surface area contributed by atoms with Crippen LogP contribution in [0.2, 0.25) is 0 Å². The van der Waals surface area contributed by atoms with E-state index in [2.05, 4.69) is 25.1 Å². The first-order valence-electron chi connectivity index (χ1n) is 5.24. The van der Waals surface area contributed by atoms with Crippen molar-refractivity contribution in [3.8, 4) is 0 Å². The molecule has 0 radical (unpaired) electrons. The summed E-state index contributed by atoms with van der Waals surface area (Å²) in [6.07, 6.45) is 1.73. The molecule has 17 heavy (non-hydrogen) atoms. The molecule has 1 aliphatic rings. The van der Waals surface area contributed by atoms with Gasteiger partial charge in [-0.2, -0.15) is 9.97 Å². The second-order valence-corrected chi connectivity index (χ2v) is 3.87. The van der Waals surface area contributed by atoms with Crippen molar-refractivity contribution in [1.29, 1.82) is 0 Å². The summed E-state index contributed by atoms with van der Waals surface area (Å²) >= 11 is 0. The number of hydrogen-bond donors (Lipinski definition) is 2. The maximum Gasteiger partial charge on any atom is 0.223 e. The lowest BCUT2D eigenvalue weighted by Crippen LogP contribution is -2.34. The van der Waals surface area contributed by atoms with Crippen LogP contribution in [0, 0.1) is 0 Å². The topological polar surface area (TPSA) is 112 Å². The molecule has 88 valence electrons. The van der Waals surface area contributed by atoms with Gasteiger partial charge in [0, 0.05) is 19.2 Å². The molecule has 8 heteroatoms. The molecule has 2 aromatic rings. The predicted octanol–water partition coefficient (Wildman–Crippen LogP) is -0.747. The van der Waals surface area contributed by atoms with Crippen molar-refractivity contribution >= 4 is 17.6 Å². The van der Waals surface area contributed by atoms with Crippen LogP contribution in [-0.4, -0.2) is 31.3 Å². The van der Waals surface area contributed by atoms with Crippen LogP contribution in [-0.2, 0) is 13.1 Å². The number of hydrogen-bond acceptors (Lipinski definition) is 7. The highest BCUT2D eigenvalue weighted by Crippen LogP contribution is 2.19. The molecule has 1 aliphatic heterocycles. The lowest BCUT2D eigenvalue weighted by atomic mass is 10.3. The number of fused-ring (bicyclic) bond motifs is 1. The fraction of sp³-hybridized carbons (Fsp3) is 0.333. The molecule has 4 N–H and O–H groups in total. The summed E-state index contributed by atoms with van der Waals surface area (Å²) in [6, 6.07) is 1.71. The van der Waals surface area contributed by atoms with Crippen LogP contribution in [0.1, 0.15) is 5.82 Å². The van der Waals surface area contributed by atoms with Gasteiger partial charge in [-0.1, -0.05) is 0 Å². The normalized spacial score (nSPS) is 14.7. The molecule has 3 rings (SSSR count). The van der Waals surface area contributed by atoms with Crippen molar-refractivity contribution in [2.24, 2.45) is 0 Å². The molecule has 0 saturated heterocycles. The average Bonchev–Trinajstić information content (AvgIpc) is 2.74. The highest BCUT2D eigenvalue weighted by Gasteiger charge is 2.19. The summed E-state index contributed by atoms with van der Waals surface area (Å²) < 4.78 is 2.02. The second kappa shape index (κ2) is 3.58. The van der Waals surface area contributed by atoms with E-state index < -0.39 is 0 Å². The molecule has 0 bridgehead atoms. The molecule has 3 heterocycles. The Morgan fingerprint density at radius 1 is 1.18 bits per heavy atom. The van der Waals surface area contributed by atoms with Gasteiger partial charge in [-0.25, -0.2) is 0 Å². The van der Waals surface area contributed by atoms with Gasteiger partial charge in [0.25, 0.3) is 0 Å². The van der Waals surface area contributed by atoms with E-state index in [4.69, 9.17) is 11.5 Å². The maximum absolute atomic E-state index is 5.65. The van der Waals surface area contributed by atoms with E-state index >= 15 is 0 Å². The molecule has 0 aliphatic carbocycles. The van der Waals surface area contributed by atoms with Gasteiger partial charge in [0.05, 0.1) is 6.54 Å². The Hall–Kier alpha value is -2.38. The Morgan fingerprint density at radius 3 is 2.88 bits per heavy atom. The third-order valence-corrected chi connectivity index (χ3v) is 2.71. The largest absolute Gasteiger partial charge is 0.383 e. The lowest BCUT2D eigenvalue weighted by Gasteiger charge is -2.28. The molecular weight excluding hydrogens is 220 g/mol. The first-order valence-corrected chi connectivity index (χ1v) is 5.24. The highest BCUT2D eigenvalue weighted by atomic mass is 15.3. The number of aromatic nitrogens is 5. The van der Waals surface area contributed by atoms with E-state index in [9.17, 15) is 0 Å². The molecule has 0 amide bonds. The fourth-order valence-corrected chi connectivity index (χ4v) is 1.90. The molecule has 0 spiro atoms. The van der Waals surface area contributed by atoms with E-state index in [1.54, 1.807) is 12.4 Å². The van der Waals surface area contributed by atoms with Gasteiger partial charge in [0.1, 0.15) is 18.0 Å². The van der Waals surface area contributed by atoms with Crippen LogP contribution in [0.5, 0.6) is 0 Å². The molecule has 0 fully saturated rings. The van der Waals surface area contributed by atoms with Crippen LogP contribution in [0.25, 0.3) is 0 Å². The third kappa shape index (κ3) is 1.73. The molecule has 2 aromatic heterocycles. The standard InChI is InChI=1S/C9H12N8/c10-6-3-7(14-9(11)13-6)16-1-2-17-5-12-15-8(17)4-16/h3,5H,1-2,4H2,(H4,10,11,13,14). The van der Waals surface area contributed by atoms with Crippen LogP contribution in [0.15, 0.2) is 12.4 Å². The van der Waals surface area contributed by atoms with Crippen molar-refractivity contribution < 1.29 is 0 Å². The quantitative estimate of drug-likeness (QED) is 0.665. The monoisotopic (exact) mass is 232 g/mol. The first kappa shape index (κ1) is 9.82. The van der Waals surface area contributed by atoms with Crippen molar-refractivity contribution in [3.63, 3.8) is 0 Å². The number of nitrogens with two attached hydrogens (primary N) is 2. The average molecular weight is 232 g/mol. The Bertz CT molecular complexity index is 527. The molecule has 0 unspecified atom stereocenters. The Balaban J connectivity index is 1.91. The van der Waals surface area contributed by atoms with Gasteiger partial charge < -0.3 is 20.9 Å². The summed E-state index contributed by atoms with van der Waals surface area (Å²) in [7, 11) is 0. The minimum absolute atomic E-state index is 0.187. The zero-order chi connectivity index (χ0) is 11.8. The SMILES string of the molecule is Nc1cc(N2CCn3cnnc3C2)nc(N)n1. The van der Waals surface area contributed by atoms with Crippen molar-refractivity contribution in [2.45, 2.75) is 13.1 Å². The molecule has 0 aromatic carbocycles. The first-order chi connectivity index (χ1) is 8.22. The van der Waals surface area contributed by atoms with E-state index in [1.165, 1.54) is 0 Å². The summed E-state index contributed by atoms with van der Waals surface area (Å²) in [5.74, 6) is 2.20. The lowest BCUT2D eigenvalue weighted by molar-refractivity contribution is 0.556. The Morgan fingerprint density at radius 2 is 2.06 bits per heavy atom.